The van der Waals surface area contributed by atoms with Crippen molar-refractivity contribution in [1.29, 1.82) is 0 Å². The van der Waals surface area contributed by atoms with Crippen molar-refractivity contribution in [2.24, 2.45) is 4.99 Å². The molecule has 1 aliphatic heterocycles. The highest BCUT2D eigenvalue weighted by atomic mass is 15.2. The SMILES string of the molecule is C/C=C\C(CN1CCN(C)CC1)=NC. The van der Waals surface area contributed by atoms with Crippen molar-refractivity contribution in [3.05, 3.63) is 12.2 Å². The predicted molar refractivity (Wildman–Crippen MR) is 62.1 cm³/mol. The molecule has 0 atom stereocenters. The Morgan fingerprint density at radius 1 is 1.29 bits per heavy atom. The molecule has 14 heavy (non-hydrogen) atoms. The molecule has 0 saturated carbocycles. The average molecular weight is 195 g/mol. The fraction of sp³-hybridized carbons (Fsp3) is 0.727. The second kappa shape index (κ2) is 5.94. The number of allylic oxidation sites excluding steroid dienone is 1. The monoisotopic (exact) mass is 195 g/mol. The van der Waals surface area contributed by atoms with E-state index >= 15 is 0 Å². The molecule has 0 N–H and O–H groups in total. The van der Waals surface area contributed by atoms with Crippen LogP contribution in [0.2, 0.25) is 0 Å². The minimum atomic E-state index is 0.995. The molecule has 1 aliphatic rings. The third-order valence-corrected chi connectivity index (χ3v) is 2.63. The molecule has 0 unspecified atom stereocenters. The van der Waals surface area contributed by atoms with Gasteiger partial charge in [-0.25, -0.2) is 0 Å². The highest BCUT2D eigenvalue weighted by Crippen LogP contribution is 1.99. The summed E-state index contributed by atoms with van der Waals surface area (Å²) in [6.07, 6.45) is 4.15. The van der Waals surface area contributed by atoms with E-state index in [9.17, 15) is 0 Å². The standard InChI is InChI=1S/C11H21N3/c1-4-5-11(12-2)10-14-8-6-13(3)7-9-14/h4-5H,6-10H2,1-3H3/b5-4-,12-11?. The van der Waals surface area contributed by atoms with Crippen LogP contribution in [0.3, 0.4) is 0 Å². The van der Waals surface area contributed by atoms with Crippen LogP contribution >= 0.6 is 0 Å². The van der Waals surface area contributed by atoms with Crippen molar-refractivity contribution in [3.63, 3.8) is 0 Å². The van der Waals surface area contributed by atoms with Crippen molar-refractivity contribution in [2.45, 2.75) is 6.92 Å². The first kappa shape index (κ1) is 11.4. The molecule has 0 bridgehead atoms. The van der Waals surface area contributed by atoms with Gasteiger partial charge in [0.2, 0.25) is 0 Å². The van der Waals surface area contributed by atoms with E-state index in [1.165, 1.54) is 18.8 Å². The highest BCUT2D eigenvalue weighted by Gasteiger charge is 2.13. The summed E-state index contributed by atoms with van der Waals surface area (Å²) < 4.78 is 0. The first-order valence-electron chi connectivity index (χ1n) is 5.25. The molecule has 3 heteroatoms. The van der Waals surface area contributed by atoms with Crippen LogP contribution in [0.15, 0.2) is 17.1 Å². The van der Waals surface area contributed by atoms with Crippen LogP contribution in [0.5, 0.6) is 0 Å². The van der Waals surface area contributed by atoms with Gasteiger partial charge in [0.1, 0.15) is 0 Å². The van der Waals surface area contributed by atoms with Crippen molar-refractivity contribution < 1.29 is 0 Å². The molecule has 1 saturated heterocycles. The van der Waals surface area contributed by atoms with Gasteiger partial charge in [-0.1, -0.05) is 6.08 Å². The number of piperazine rings is 1. The summed E-state index contributed by atoms with van der Waals surface area (Å²) in [6.45, 7) is 7.70. The van der Waals surface area contributed by atoms with E-state index in [1.54, 1.807) is 0 Å². The van der Waals surface area contributed by atoms with E-state index in [0.29, 0.717) is 0 Å². The molecule has 1 fully saturated rings. The molecule has 0 aliphatic carbocycles. The van der Waals surface area contributed by atoms with Crippen LogP contribution in [0, 0.1) is 0 Å². The number of hydrogen-bond donors (Lipinski definition) is 0. The van der Waals surface area contributed by atoms with Crippen LogP contribution < -0.4 is 0 Å². The average Bonchev–Trinajstić information content (AvgIpc) is 2.20. The summed E-state index contributed by atoms with van der Waals surface area (Å²) in [6, 6.07) is 0. The molecule has 3 nitrogen and oxygen atoms in total. The van der Waals surface area contributed by atoms with E-state index in [-0.39, 0.29) is 0 Å². The van der Waals surface area contributed by atoms with Gasteiger partial charge in [0.15, 0.2) is 0 Å². The lowest BCUT2D eigenvalue weighted by Crippen LogP contribution is -2.46. The van der Waals surface area contributed by atoms with Crippen LogP contribution in [0.25, 0.3) is 0 Å². The second-order valence-corrected chi connectivity index (χ2v) is 3.79. The van der Waals surface area contributed by atoms with Gasteiger partial charge in [0.25, 0.3) is 0 Å². The fourth-order valence-electron chi connectivity index (χ4n) is 1.63. The van der Waals surface area contributed by atoms with Crippen molar-refractivity contribution >= 4 is 5.71 Å². The molecule has 0 aromatic heterocycles. The van der Waals surface area contributed by atoms with Gasteiger partial charge < -0.3 is 4.90 Å². The van der Waals surface area contributed by atoms with E-state index in [2.05, 4.69) is 34.0 Å². The van der Waals surface area contributed by atoms with Gasteiger partial charge >= 0.3 is 0 Å². The zero-order valence-corrected chi connectivity index (χ0v) is 9.53. The highest BCUT2D eigenvalue weighted by molar-refractivity contribution is 5.96. The Balaban J connectivity index is 2.36. The maximum atomic E-state index is 4.27. The van der Waals surface area contributed by atoms with Crippen molar-refractivity contribution in [2.75, 3.05) is 46.8 Å². The summed E-state index contributed by atoms with van der Waals surface area (Å²) in [4.78, 5) is 9.10. The first-order chi connectivity index (χ1) is 6.76. The number of likely N-dealkylation sites (N-methyl/N-ethyl adjacent to an activating group) is 1. The largest absolute Gasteiger partial charge is 0.304 e. The Kier molecular flexibility index (Phi) is 4.84. The summed E-state index contributed by atoms with van der Waals surface area (Å²) in [5.74, 6) is 0. The molecule has 1 rings (SSSR count). The third kappa shape index (κ3) is 3.60. The fourth-order valence-corrected chi connectivity index (χ4v) is 1.63. The normalized spacial score (nSPS) is 22.1. The summed E-state index contributed by atoms with van der Waals surface area (Å²) in [5, 5.41) is 0. The zero-order valence-electron chi connectivity index (χ0n) is 9.53. The lowest BCUT2D eigenvalue weighted by Gasteiger charge is -2.32. The van der Waals surface area contributed by atoms with E-state index in [0.717, 1.165) is 19.6 Å². The van der Waals surface area contributed by atoms with Gasteiger partial charge in [0, 0.05) is 45.5 Å². The zero-order chi connectivity index (χ0) is 10.4. The number of aliphatic imine (C=N–C) groups is 1. The predicted octanol–water partition coefficient (Wildman–Crippen LogP) is 0.881. The Morgan fingerprint density at radius 3 is 2.43 bits per heavy atom. The van der Waals surface area contributed by atoms with Crippen LogP contribution in [-0.4, -0.2) is 62.3 Å². The van der Waals surface area contributed by atoms with Crippen molar-refractivity contribution in [1.82, 2.24) is 9.80 Å². The minimum absolute atomic E-state index is 0.995. The van der Waals surface area contributed by atoms with Gasteiger partial charge in [0.05, 0.1) is 0 Å². The smallest absolute Gasteiger partial charge is 0.0481 e. The van der Waals surface area contributed by atoms with Crippen LogP contribution in [0.1, 0.15) is 6.92 Å². The summed E-state index contributed by atoms with van der Waals surface area (Å²) in [5.41, 5.74) is 1.18. The number of nitrogens with zero attached hydrogens (tertiary/aromatic N) is 3. The van der Waals surface area contributed by atoms with E-state index in [4.69, 9.17) is 0 Å². The second-order valence-electron chi connectivity index (χ2n) is 3.79. The molecule has 1 heterocycles. The molecule has 0 aromatic rings. The third-order valence-electron chi connectivity index (χ3n) is 2.63. The molecule has 0 aromatic carbocycles. The Morgan fingerprint density at radius 2 is 1.93 bits per heavy atom. The van der Waals surface area contributed by atoms with Crippen molar-refractivity contribution in [3.8, 4) is 0 Å². The molecule has 0 radical (unpaired) electrons. The molecular weight excluding hydrogens is 174 g/mol. The molecule has 0 amide bonds. The van der Waals surface area contributed by atoms with Gasteiger partial charge in [-0.15, -0.1) is 0 Å². The molecule has 0 spiro atoms. The molecular formula is C11H21N3. The van der Waals surface area contributed by atoms with Gasteiger partial charge in [-0.3, -0.25) is 9.89 Å². The maximum Gasteiger partial charge on any atom is 0.0481 e. The maximum absolute atomic E-state index is 4.27. The van der Waals surface area contributed by atoms with Crippen LogP contribution in [0.4, 0.5) is 0 Å². The van der Waals surface area contributed by atoms with Gasteiger partial charge in [-0.2, -0.15) is 0 Å². The lowest BCUT2D eigenvalue weighted by atomic mass is 10.2. The minimum Gasteiger partial charge on any atom is -0.304 e. The summed E-state index contributed by atoms with van der Waals surface area (Å²) >= 11 is 0. The van der Waals surface area contributed by atoms with Crippen LogP contribution in [-0.2, 0) is 0 Å². The van der Waals surface area contributed by atoms with E-state index in [1.807, 2.05) is 14.0 Å². The number of rotatable bonds is 3. The number of hydrogen-bond acceptors (Lipinski definition) is 3. The Labute approximate surface area is 87.1 Å². The lowest BCUT2D eigenvalue weighted by molar-refractivity contribution is 0.170. The Bertz CT molecular complexity index is 213. The Hall–Kier alpha value is -0.670. The topological polar surface area (TPSA) is 18.8 Å². The molecule has 80 valence electrons. The van der Waals surface area contributed by atoms with Gasteiger partial charge in [-0.05, 0) is 20.0 Å². The summed E-state index contributed by atoms with van der Waals surface area (Å²) in [7, 11) is 4.05. The quantitative estimate of drug-likeness (QED) is 0.623. The first-order valence-corrected chi connectivity index (χ1v) is 5.25. The van der Waals surface area contributed by atoms with E-state index < -0.39 is 0 Å².